The van der Waals surface area contributed by atoms with Crippen molar-refractivity contribution in [2.75, 3.05) is 6.61 Å². The van der Waals surface area contributed by atoms with Gasteiger partial charge >= 0.3 is 35.0 Å². The van der Waals surface area contributed by atoms with Crippen LogP contribution in [-0.4, -0.2) is 17.2 Å². The van der Waals surface area contributed by atoms with Crippen LogP contribution in [-0.2, 0) is 15.9 Å². The molecule has 0 atom stereocenters. The maximum atomic E-state index is 7.46. The van der Waals surface area contributed by atoms with Crippen LogP contribution < -0.4 is 0 Å². The Morgan fingerprint density at radius 3 is 1.57 bits per heavy atom. The first-order valence-electron chi connectivity index (χ1n) is 1.06. The number of rotatable bonds is 0. The monoisotopic (exact) mass is 239 g/mol. The van der Waals surface area contributed by atoms with Crippen molar-refractivity contribution >= 4 is 19.1 Å². The standard InChI is InChI=1S/C2H5O.2ClH.H2O.Pd/c1-2-3;;;;/h3H,1-2H2;2*1H;1H2;/q-1;;;;+2/p-2. The molecule has 0 rings (SSSR count). The molecule has 0 amide bonds. The van der Waals surface area contributed by atoms with Gasteiger partial charge in [-0.25, -0.2) is 0 Å². The molecule has 5 heteroatoms. The summed E-state index contributed by atoms with van der Waals surface area (Å²) in [5.74, 6) is 0. The van der Waals surface area contributed by atoms with Crippen LogP contribution in [0, 0.1) is 6.92 Å². The van der Waals surface area contributed by atoms with E-state index in [9.17, 15) is 0 Å². The van der Waals surface area contributed by atoms with E-state index < -0.39 is 0 Å². The third-order valence-electron chi connectivity index (χ3n) is 0. The molecule has 0 radical (unpaired) electrons. The topological polar surface area (TPSA) is 51.7 Å². The Hall–Kier alpha value is 1.16. The SMILES string of the molecule is O.[CH2-]CO.[Cl][Pd][Cl]. The van der Waals surface area contributed by atoms with Gasteiger partial charge in [0.2, 0.25) is 0 Å². The molecule has 0 fully saturated rings. The van der Waals surface area contributed by atoms with Crippen LogP contribution >= 0.6 is 19.1 Å². The van der Waals surface area contributed by atoms with Crippen molar-refractivity contribution in [3.05, 3.63) is 6.92 Å². The average Bonchev–Trinajstić information content (AvgIpc) is 1.39. The van der Waals surface area contributed by atoms with E-state index in [1.54, 1.807) is 0 Å². The van der Waals surface area contributed by atoms with E-state index in [4.69, 9.17) is 24.2 Å². The summed E-state index contributed by atoms with van der Waals surface area (Å²) in [4.78, 5) is 0. The summed E-state index contributed by atoms with van der Waals surface area (Å²) in [6, 6.07) is 0. The molecule has 0 aliphatic rings. The fourth-order valence-electron chi connectivity index (χ4n) is 0. The molecule has 52 valence electrons. The number of aliphatic hydroxyl groups excluding tert-OH is 1. The summed E-state index contributed by atoms with van der Waals surface area (Å²) < 4.78 is 0. The normalized spacial score (nSPS) is 5.71. The molecular weight excluding hydrogens is 233 g/mol. The minimum absolute atomic E-state index is 0. The third-order valence-corrected chi connectivity index (χ3v) is 0. The summed E-state index contributed by atoms with van der Waals surface area (Å²) in [7, 11) is 9.63. The van der Waals surface area contributed by atoms with Gasteiger partial charge in [0, 0.05) is 0 Å². The molecule has 0 spiro atoms. The summed E-state index contributed by atoms with van der Waals surface area (Å²) in [6.45, 7) is 3.04. The predicted molar refractivity (Wildman–Crippen MR) is 27.8 cm³/mol. The van der Waals surface area contributed by atoms with Crippen molar-refractivity contribution in [2.24, 2.45) is 0 Å². The van der Waals surface area contributed by atoms with Crippen molar-refractivity contribution in [1.82, 2.24) is 0 Å². The number of hydrogen-bond donors (Lipinski definition) is 1. The summed E-state index contributed by atoms with van der Waals surface area (Å²) in [6.07, 6.45) is 0. The molecule has 3 N–H and O–H groups in total. The zero-order valence-electron chi connectivity index (χ0n) is 3.43. The zero-order valence-corrected chi connectivity index (χ0v) is 6.50. The van der Waals surface area contributed by atoms with Crippen LogP contribution in [0.5, 0.6) is 0 Å². The van der Waals surface area contributed by atoms with Crippen molar-refractivity contribution in [1.29, 1.82) is 0 Å². The van der Waals surface area contributed by atoms with Gasteiger partial charge in [0.25, 0.3) is 0 Å². The van der Waals surface area contributed by atoms with Gasteiger partial charge < -0.3 is 17.5 Å². The molecular formula is C2H7Cl2O2Pd-. The van der Waals surface area contributed by atoms with E-state index in [0.29, 0.717) is 0 Å². The molecule has 0 unspecified atom stereocenters. The van der Waals surface area contributed by atoms with Crippen LogP contribution in [0.2, 0.25) is 0 Å². The number of aliphatic hydroxyl groups is 1. The average molecular weight is 240 g/mol. The van der Waals surface area contributed by atoms with Crippen LogP contribution in [0.4, 0.5) is 0 Å². The fraction of sp³-hybridized carbons (Fsp3) is 0.500. The van der Waals surface area contributed by atoms with Gasteiger partial charge in [0.05, 0.1) is 0 Å². The summed E-state index contributed by atoms with van der Waals surface area (Å²) in [5.41, 5.74) is 0. The number of halogens is 2. The van der Waals surface area contributed by atoms with Crippen molar-refractivity contribution in [3.8, 4) is 0 Å². The quantitative estimate of drug-likeness (QED) is 0.482. The Kier molecular flexibility index (Phi) is 61.0. The van der Waals surface area contributed by atoms with Crippen LogP contribution in [0.3, 0.4) is 0 Å². The van der Waals surface area contributed by atoms with Gasteiger partial charge in [-0.3, -0.25) is 0 Å². The molecule has 2 nitrogen and oxygen atoms in total. The van der Waals surface area contributed by atoms with E-state index in [1.165, 1.54) is 0 Å². The fourth-order valence-corrected chi connectivity index (χ4v) is 0. The first kappa shape index (κ1) is 15.7. The third kappa shape index (κ3) is 141. The molecule has 0 bridgehead atoms. The van der Waals surface area contributed by atoms with Crippen molar-refractivity contribution in [2.45, 2.75) is 0 Å². The number of hydrogen-bond acceptors (Lipinski definition) is 1. The Bertz CT molecular complexity index is 15.7. The first-order chi connectivity index (χ1) is 2.83. The van der Waals surface area contributed by atoms with E-state index in [0.717, 1.165) is 0 Å². The molecule has 0 aromatic carbocycles. The van der Waals surface area contributed by atoms with Crippen LogP contribution in [0.25, 0.3) is 0 Å². The maximum absolute atomic E-state index is 7.46. The van der Waals surface area contributed by atoms with Gasteiger partial charge in [0.1, 0.15) is 0 Å². The minimum atomic E-state index is -0.106. The zero-order chi connectivity index (χ0) is 5.41. The predicted octanol–water partition coefficient (Wildman–Crippen LogP) is 0.365. The van der Waals surface area contributed by atoms with Gasteiger partial charge in [-0.15, -0.1) is 0 Å². The molecule has 0 saturated heterocycles. The van der Waals surface area contributed by atoms with E-state index in [1.807, 2.05) is 0 Å². The summed E-state index contributed by atoms with van der Waals surface area (Å²) >= 11 is -0.106. The van der Waals surface area contributed by atoms with Gasteiger partial charge in [-0.1, -0.05) is 6.61 Å². The van der Waals surface area contributed by atoms with E-state index in [-0.39, 0.29) is 28.0 Å². The molecule has 0 aliphatic carbocycles. The first-order valence-corrected chi connectivity index (χ1v) is 5.06. The van der Waals surface area contributed by atoms with Gasteiger partial charge in [-0.2, -0.15) is 0 Å². The van der Waals surface area contributed by atoms with E-state index >= 15 is 0 Å². The molecule has 0 aromatic rings. The Labute approximate surface area is 59.2 Å². The summed E-state index contributed by atoms with van der Waals surface area (Å²) in [5, 5.41) is 7.46. The molecule has 0 aliphatic heterocycles. The Morgan fingerprint density at radius 1 is 1.57 bits per heavy atom. The molecule has 0 aromatic heterocycles. The Balaban J connectivity index is -0.0000000400. The van der Waals surface area contributed by atoms with Crippen LogP contribution in [0.1, 0.15) is 0 Å². The second kappa shape index (κ2) is 27.2. The second-order valence-electron chi connectivity index (χ2n) is 0.269. The Morgan fingerprint density at radius 2 is 1.57 bits per heavy atom. The van der Waals surface area contributed by atoms with Crippen molar-refractivity contribution < 1.29 is 26.5 Å². The van der Waals surface area contributed by atoms with Gasteiger partial charge in [-0.05, 0) is 0 Å². The molecule has 7 heavy (non-hydrogen) atoms. The van der Waals surface area contributed by atoms with Crippen molar-refractivity contribution in [3.63, 3.8) is 0 Å². The molecule has 0 heterocycles. The van der Waals surface area contributed by atoms with Gasteiger partial charge in [0.15, 0.2) is 0 Å². The molecule has 0 saturated carbocycles. The second-order valence-corrected chi connectivity index (χ2v) is 2.63. The van der Waals surface area contributed by atoms with E-state index in [2.05, 4.69) is 6.92 Å². The van der Waals surface area contributed by atoms with Crippen LogP contribution in [0.15, 0.2) is 0 Å².